The van der Waals surface area contributed by atoms with Crippen molar-refractivity contribution in [2.45, 2.75) is 26.4 Å². The van der Waals surface area contributed by atoms with Crippen LogP contribution in [0, 0.1) is 13.8 Å². The zero-order valence-electron chi connectivity index (χ0n) is 8.55. The van der Waals surface area contributed by atoms with E-state index in [1.54, 1.807) is 0 Å². The van der Waals surface area contributed by atoms with Crippen molar-refractivity contribution in [3.63, 3.8) is 0 Å². The van der Waals surface area contributed by atoms with Crippen LogP contribution in [0.25, 0.3) is 0 Å². The molecule has 0 heterocycles. The Morgan fingerprint density at radius 2 is 2.07 bits per heavy atom. The SMILES string of the molecule is Cc1ccc([C@H](O)CCN)c(C)c1Br. The number of aliphatic hydroxyl groups is 1. The van der Waals surface area contributed by atoms with Gasteiger partial charge in [0.05, 0.1) is 6.10 Å². The molecule has 0 saturated carbocycles. The van der Waals surface area contributed by atoms with Crippen molar-refractivity contribution >= 4 is 15.9 Å². The summed E-state index contributed by atoms with van der Waals surface area (Å²) in [6, 6.07) is 3.97. The van der Waals surface area contributed by atoms with Crippen LogP contribution in [0.2, 0.25) is 0 Å². The van der Waals surface area contributed by atoms with Gasteiger partial charge in [0.2, 0.25) is 0 Å². The molecular weight excluding hydrogens is 242 g/mol. The highest BCUT2D eigenvalue weighted by Crippen LogP contribution is 2.28. The average Bonchev–Trinajstić information content (AvgIpc) is 2.15. The summed E-state index contributed by atoms with van der Waals surface area (Å²) < 4.78 is 1.08. The summed E-state index contributed by atoms with van der Waals surface area (Å²) in [6.45, 7) is 4.55. The van der Waals surface area contributed by atoms with Gasteiger partial charge >= 0.3 is 0 Å². The summed E-state index contributed by atoms with van der Waals surface area (Å²) in [5.74, 6) is 0. The highest BCUT2D eigenvalue weighted by molar-refractivity contribution is 9.10. The molecule has 0 radical (unpaired) electrons. The molecule has 1 aromatic rings. The van der Waals surface area contributed by atoms with E-state index in [0.29, 0.717) is 13.0 Å². The van der Waals surface area contributed by atoms with Gasteiger partial charge < -0.3 is 10.8 Å². The maximum absolute atomic E-state index is 9.82. The summed E-state index contributed by atoms with van der Waals surface area (Å²) in [5, 5.41) is 9.82. The molecule has 0 bridgehead atoms. The van der Waals surface area contributed by atoms with Crippen molar-refractivity contribution in [1.82, 2.24) is 0 Å². The van der Waals surface area contributed by atoms with E-state index in [1.807, 2.05) is 26.0 Å². The second kappa shape index (κ2) is 4.91. The molecule has 1 rings (SSSR count). The molecule has 3 heteroatoms. The molecular formula is C11H16BrNO. The van der Waals surface area contributed by atoms with Gasteiger partial charge in [-0.2, -0.15) is 0 Å². The Balaban J connectivity index is 3.04. The van der Waals surface area contributed by atoms with E-state index in [0.717, 1.165) is 15.6 Å². The first-order valence-electron chi connectivity index (χ1n) is 4.71. The van der Waals surface area contributed by atoms with Crippen molar-refractivity contribution in [2.24, 2.45) is 5.73 Å². The van der Waals surface area contributed by atoms with Gasteiger partial charge in [0.1, 0.15) is 0 Å². The third-order valence-corrected chi connectivity index (χ3v) is 3.64. The third kappa shape index (κ3) is 2.35. The van der Waals surface area contributed by atoms with Crippen LogP contribution in [0.1, 0.15) is 29.2 Å². The molecule has 2 nitrogen and oxygen atoms in total. The summed E-state index contributed by atoms with van der Waals surface area (Å²) in [6.07, 6.45) is 0.160. The fraction of sp³-hybridized carbons (Fsp3) is 0.455. The first-order valence-corrected chi connectivity index (χ1v) is 5.51. The minimum atomic E-state index is -0.447. The highest BCUT2D eigenvalue weighted by Gasteiger charge is 2.12. The predicted molar refractivity (Wildman–Crippen MR) is 62.2 cm³/mol. The fourth-order valence-corrected chi connectivity index (χ4v) is 1.87. The van der Waals surface area contributed by atoms with E-state index in [-0.39, 0.29) is 0 Å². The van der Waals surface area contributed by atoms with Gasteiger partial charge in [-0.15, -0.1) is 0 Å². The van der Waals surface area contributed by atoms with Crippen LogP contribution in [0.5, 0.6) is 0 Å². The Morgan fingerprint density at radius 3 is 2.64 bits per heavy atom. The second-order valence-electron chi connectivity index (χ2n) is 3.50. The number of rotatable bonds is 3. The van der Waals surface area contributed by atoms with Crippen molar-refractivity contribution < 1.29 is 5.11 Å². The van der Waals surface area contributed by atoms with Crippen LogP contribution in [0.3, 0.4) is 0 Å². The average molecular weight is 258 g/mol. The molecule has 0 unspecified atom stereocenters. The molecule has 0 fully saturated rings. The molecule has 0 aliphatic rings. The summed E-state index contributed by atoms with van der Waals surface area (Å²) in [5.41, 5.74) is 8.67. The molecule has 0 saturated heterocycles. The Bertz CT molecular complexity index is 325. The van der Waals surface area contributed by atoms with Crippen LogP contribution in [0.15, 0.2) is 16.6 Å². The maximum atomic E-state index is 9.82. The van der Waals surface area contributed by atoms with Crippen molar-refractivity contribution in [3.8, 4) is 0 Å². The third-order valence-electron chi connectivity index (χ3n) is 2.42. The maximum Gasteiger partial charge on any atom is 0.0805 e. The molecule has 14 heavy (non-hydrogen) atoms. The number of aliphatic hydroxyl groups excluding tert-OH is 1. The number of hydrogen-bond donors (Lipinski definition) is 2. The number of benzene rings is 1. The Hall–Kier alpha value is -0.380. The van der Waals surface area contributed by atoms with E-state index in [2.05, 4.69) is 15.9 Å². The molecule has 1 atom stereocenters. The van der Waals surface area contributed by atoms with Crippen molar-refractivity contribution in [2.75, 3.05) is 6.54 Å². The zero-order valence-corrected chi connectivity index (χ0v) is 10.1. The molecule has 0 aromatic heterocycles. The molecule has 0 amide bonds. The molecule has 78 valence electrons. The molecule has 0 aliphatic heterocycles. The van der Waals surface area contributed by atoms with E-state index in [4.69, 9.17) is 5.73 Å². The monoisotopic (exact) mass is 257 g/mol. The minimum absolute atomic E-state index is 0.447. The lowest BCUT2D eigenvalue weighted by Gasteiger charge is -2.15. The predicted octanol–water partition coefficient (Wildman–Crippen LogP) is 2.45. The number of halogens is 1. The molecule has 3 N–H and O–H groups in total. The number of nitrogens with two attached hydrogens (primary N) is 1. The highest BCUT2D eigenvalue weighted by atomic mass is 79.9. The van der Waals surface area contributed by atoms with E-state index < -0.39 is 6.10 Å². The lowest BCUT2D eigenvalue weighted by molar-refractivity contribution is 0.169. The first-order chi connectivity index (χ1) is 6.57. The quantitative estimate of drug-likeness (QED) is 0.874. The van der Waals surface area contributed by atoms with Gasteiger partial charge in [-0.25, -0.2) is 0 Å². The van der Waals surface area contributed by atoms with Gasteiger partial charge in [0, 0.05) is 4.47 Å². The minimum Gasteiger partial charge on any atom is -0.388 e. The van der Waals surface area contributed by atoms with Crippen LogP contribution in [0.4, 0.5) is 0 Å². The lowest BCUT2D eigenvalue weighted by atomic mass is 9.99. The van der Waals surface area contributed by atoms with Gasteiger partial charge in [0.15, 0.2) is 0 Å². The van der Waals surface area contributed by atoms with E-state index in [1.165, 1.54) is 5.56 Å². The second-order valence-corrected chi connectivity index (χ2v) is 4.30. The number of aryl methyl sites for hydroxylation is 1. The standard InChI is InChI=1S/C11H16BrNO/c1-7-3-4-9(8(2)11(7)12)10(14)5-6-13/h3-4,10,14H,5-6,13H2,1-2H3/t10-/m1/s1. The van der Waals surface area contributed by atoms with Crippen LogP contribution in [-0.4, -0.2) is 11.7 Å². The Morgan fingerprint density at radius 1 is 1.43 bits per heavy atom. The normalized spacial score (nSPS) is 12.9. The van der Waals surface area contributed by atoms with Gasteiger partial charge in [-0.05, 0) is 43.5 Å². The van der Waals surface area contributed by atoms with E-state index in [9.17, 15) is 5.11 Å². The van der Waals surface area contributed by atoms with Crippen LogP contribution < -0.4 is 5.73 Å². The van der Waals surface area contributed by atoms with Gasteiger partial charge in [-0.3, -0.25) is 0 Å². The zero-order chi connectivity index (χ0) is 10.7. The van der Waals surface area contributed by atoms with Crippen LogP contribution in [-0.2, 0) is 0 Å². The summed E-state index contributed by atoms with van der Waals surface area (Å²) >= 11 is 3.51. The topological polar surface area (TPSA) is 46.2 Å². The molecule has 0 spiro atoms. The molecule has 0 aliphatic carbocycles. The fourth-order valence-electron chi connectivity index (χ4n) is 1.51. The molecule has 1 aromatic carbocycles. The van der Waals surface area contributed by atoms with E-state index >= 15 is 0 Å². The lowest BCUT2D eigenvalue weighted by Crippen LogP contribution is -2.08. The Kier molecular flexibility index (Phi) is 4.11. The van der Waals surface area contributed by atoms with Gasteiger partial charge in [-0.1, -0.05) is 28.1 Å². The van der Waals surface area contributed by atoms with Crippen molar-refractivity contribution in [3.05, 3.63) is 33.3 Å². The van der Waals surface area contributed by atoms with Crippen molar-refractivity contribution in [1.29, 1.82) is 0 Å². The number of hydrogen-bond acceptors (Lipinski definition) is 2. The van der Waals surface area contributed by atoms with Crippen LogP contribution >= 0.6 is 15.9 Å². The summed E-state index contributed by atoms with van der Waals surface area (Å²) in [7, 11) is 0. The van der Waals surface area contributed by atoms with Gasteiger partial charge in [0.25, 0.3) is 0 Å². The largest absolute Gasteiger partial charge is 0.388 e. The first kappa shape index (κ1) is 11.7. The Labute approximate surface area is 93.3 Å². The smallest absolute Gasteiger partial charge is 0.0805 e. The summed E-state index contributed by atoms with van der Waals surface area (Å²) in [4.78, 5) is 0.